The minimum absolute atomic E-state index is 0.0386. The van der Waals surface area contributed by atoms with Crippen LogP contribution < -0.4 is 5.32 Å². The zero-order valence-corrected chi connectivity index (χ0v) is 17.0. The van der Waals surface area contributed by atoms with Gasteiger partial charge in [0.1, 0.15) is 0 Å². The van der Waals surface area contributed by atoms with Gasteiger partial charge >= 0.3 is 0 Å². The first-order valence-electron chi connectivity index (χ1n) is 10.6. The van der Waals surface area contributed by atoms with E-state index in [9.17, 15) is 9.59 Å². The number of carbonyl (C=O) groups is 2. The zero-order chi connectivity index (χ0) is 20.8. The van der Waals surface area contributed by atoms with Gasteiger partial charge in [-0.2, -0.15) is 0 Å². The Balaban J connectivity index is 1.39. The summed E-state index contributed by atoms with van der Waals surface area (Å²) in [5.41, 5.74) is 2.51. The van der Waals surface area contributed by atoms with E-state index in [0.717, 1.165) is 43.4 Å². The molecule has 2 aliphatic rings. The summed E-state index contributed by atoms with van der Waals surface area (Å²) in [5, 5.41) is 2.98. The molecule has 30 heavy (non-hydrogen) atoms. The van der Waals surface area contributed by atoms with Crippen LogP contribution in [0.3, 0.4) is 0 Å². The molecule has 0 bridgehead atoms. The number of nitrogens with one attached hydrogen (secondary N) is 1. The first-order chi connectivity index (χ1) is 14.7. The van der Waals surface area contributed by atoms with Crippen molar-refractivity contribution in [1.29, 1.82) is 0 Å². The predicted molar refractivity (Wildman–Crippen MR) is 115 cm³/mol. The van der Waals surface area contributed by atoms with Gasteiger partial charge < -0.3 is 15.0 Å². The average molecular weight is 405 g/mol. The highest BCUT2D eigenvalue weighted by Gasteiger charge is 2.24. The van der Waals surface area contributed by atoms with E-state index in [1.54, 1.807) is 41.6 Å². The maximum absolute atomic E-state index is 12.9. The summed E-state index contributed by atoms with van der Waals surface area (Å²) < 4.78 is 5.73. The van der Waals surface area contributed by atoms with Crippen LogP contribution in [-0.2, 0) is 16.1 Å². The lowest BCUT2D eigenvalue weighted by Gasteiger charge is -2.24. The lowest BCUT2D eigenvalue weighted by atomic mass is 10.1. The molecular formula is C24H27N3O3. The summed E-state index contributed by atoms with van der Waals surface area (Å²) in [6.45, 7) is 1.82. The van der Waals surface area contributed by atoms with Crippen LogP contribution in [0.25, 0.3) is 6.08 Å². The molecule has 1 saturated heterocycles. The normalized spacial score (nSPS) is 18.5. The smallest absolute Gasteiger partial charge is 0.251 e. The van der Waals surface area contributed by atoms with Crippen molar-refractivity contribution in [3.05, 3.63) is 71.6 Å². The summed E-state index contributed by atoms with van der Waals surface area (Å²) in [5.74, 6) is -0.103. The van der Waals surface area contributed by atoms with E-state index in [2.05, 4.69) is 10.3 Å². The number of carbonyl (C=O) groups excluding carboxylic acids is 2. The molecule has 2 aromatic rings. The standard InChI is InChI=1S/C24H27N3O3/c28-23(12-7-18-5-8-20(9-6-18)24(29)26-21-10-11-21)27(17-22-4-2-14-30-22)16-19-3-1-13-25-15-19/h1,3,5-9,12-13,15,21-22H,2,4,10-11,14,16-17H2,(H,26,29)/b12-7+. The fourth-order valence-corrected chi connectivity index (χ4v) is 3.49. The number of pyridine rings is 1. The minimum atomic E-state index is -0.0649. The van der Waals surface area contributed by atoms with Gasteiger partial charge in [-0.1, -0.05) is 18.2 Å². The minimum Gasteiger partial charge on any atom is -0.376 e. The lowest BCUT2D eigenvalue weighted by molar-refractivity contribution is -0.128. The van der Waals surface area contributed by atoms with Crippen LogP contribution in [0.4, 0.5) is 0 Å². The number of aromatic nitrogens is 1. The zero-order valence-electron chi connectivity index (χ0n) is 17.0. The number of benzene rings is 1. The Morgan fingerprint density at radius 3 is 2.67 bits per heavy atom. The third-order valence-electron chi connectivity index (χ3n) is 5.36. The maximum Gasteiger partial charge on any atom is 0.251 e. The van der Waals surface area contributed by atoms with Gasteiger partial charge in [-0.15, -0.1) is 0 Å². The van der Waals surface area contributed by atoms with Crippen molar-refractivity contribution in [3.63, 3.8) is 0 Å². The van der Waals surface area contributed by atoms with Crippen LogP contribution in [-0.4, -0.2) is 47.0 Å². The van der Waals surface area contributed by atoms with Crippen LogP contribution in [0, 0.1) is 0 Å². The number of hydrogen-bond donors (Lipinski definition) is 1. The molecule has 1 unspecified atom stereocenters. The number of ether oxygens (including phenoxy) is 1. The molecule has 6 nitrogen and oxygen atoms in total. The van der Waals surface area contributed by atoms with Gasteiger partial charge in [-0.05, 0) is 61.1 Å². The summed E-state index contributed by atoms with van der Waals surface area (Å²) >= 11 is 0. The number of rotatable bonds is 8. The second-order valence-corrected chi connectivity index (χ2v) is 7.92. The van der Waals surface area contributed by atoms with E-state index >= 15 is 0 Å². The number of hydrogen-bond acceptors (Lipinski definition) is 4. The largest absolute Gasteiger partial charge is 0.376 e. The van der Waals surface area contributed by atoms with Crippen molar-refractivity contribution >= 4 is 17.9 Å². The van der Waals surface area contributed by atoms with Crippen molar-refractivity contribution in [2.45, 2.75) is 44.4 Å². The van der Waals surface area contributed by atoms with Gasteiger partial charge in [0.2, 0.25) is 5.91 Å². The van der Waals surface area contributed by atoms with E-state index in [1.165, 1.54) is 0 Å². The maximum atomic E-state index is 12.9. The van der Waals surface area contributed by atoms with Crippen LogP contribution in [0.5, 0.6) is 0 Å². The van der Waals surface area contributed by atoms with Crippen molar-refractivity contribution < 1.29 is 14.3 Å². The Morgan fingerprint density at radius 2 is 2.00 bits per heavy atom. The molecule has 2 amide bonds. The van der Waals surface area contributed by atoms with Gasteiger partial charge in [-0.3, -0.25) is 14.6 Å². The van der Waals surface area contributed by atoms with Gasteiger partial charge in [0, 0.05) is 49.8 Å². The molecule has 1 aliphatic heterocycles. The second-order valence-electron chi connectivity index (χ2n) is 7.92. The summed E-state index contributed by atoms with van der Waals surface area (Å²) in [6.07, 6.45) is 11.1. The number of nitrogens with zero attached hydrogens (tertiary/aromatic N) is 2. The summed E-state index contributed by atoms with van der Waals surface area (Å²) in [7, 11) is 0. The molecule has 4 rings (SSSR count). The molecule has 0 spiro atoms. The van der Waals surface area contributed by atoms with Crippen LogP contribution in [0.1, 0.15) is 47.2 Å². The molecular weight excluding hydrogens is 378 g/mol. The Hall–Kier alpha value is -2.99. The van der Waals surface area contributed by atoms with E-state index < -0.39 is 0 Å². The Labute approximate surface area is 176 Å². The molecule has 1 aliphatic carbocycles. The van der Waals surface area contributed by atoms with E-state index in [-0.39, 0.29) is 17.9 Å². The summed E-state index contributed by atoms with van der Waals surface area (Å²) in [4.78, 5) is 31.0. The van der Waals surface area contributed by atoms with Crippen molar-refractivity contribution in [3.8, 4) is 0 Å². The molecule has 1 N–H and O–H groups in total. The molecule has 1 atom stereocenters. The molecule has 156 valence electrons. The van der Waals surface area contributed by atoms with E-state index in [1.807, 2.05) is 24.3 Å². The highest BCUT2D eigenvalue weighted by atomic mass is 16.5. The van der Waals surface area contributed by atoms with Gasteiger partial charge in [0.25, 0.3) is 5.91 Å². The lowest BCUT2D eigenvalue weighted by Crippen LogP contribution is -2.35. The quantitative estimate of drug-likeness (QED) is 0.685. The molecule has 1 saturated carbocycles. The fourth-order valence-electron chi connectivity index (χ4n) is 3.49. The molecule has 6 heteroatoms. The Bertz CT molecular complexity index is 886. The number of amides is 2. The molecule has 1 aromatic carbocycles. The second kappa shape index (κ2) is 9.67. The van der Waals surface area contributed by atoms with Crippen LogP contribution in [0.2, 0.25) is 0 Å². The Kier molecular flexibility index (Phi) is 6.54. The SMILES string of the molecule is O=C(NC1CC1)c1ccc(/C=C/C(=O)N(Cc2cccnc2)CC2CCCO2)cc1. The van der Waals surface area contributed by atoms with Crippen LogP contribution in [0.15, 0.2) is 54.9 Å². The first-order valence-corrected chi connectivity index (χ1v) is 10.6. The topological polar surface area (TPSA) is 71.5 Å². The van der Waals surface area contributed by atoms with Crippen LogP contribution >= 0.6 is 0 Å². The average Bonchev–Trinajstić information content (AvgIpc) is 3.44. The van der Waals surface area contributed by atoms with E-state index in [0.29, 0.717) is 24.7 Å². The van der Waals surface area contributed by atoms with Gasteiger partial charge in [0.15, 0.2) is 0 Å². The summed E-state index contributed by atoms with van der Waals surface area (Å²) in [6, 6.07) is 11.5. The van der Waals surface area contributed by atoms with Crippen molar-refractivity contribution in [2.75, 3.05) is 13.2 Å². The highest BCUT2D eigenvalue weighted by Crippen LogP contribution is 2.19. The van der Waals surface area contributed by atoms with Crippen molar-refractivity contribution in [2.24, 2.45) is 0 Å². The third kappa shape index (κ3) is 5.76. The fraction of sp³-hybridized carbons (Fsp3) is 0.375. The van der Waals surface area contributed by atoms with Gasteiger partial charge in [0.05, 0.1) is 6.10 Å². The predicted octanol–water partition coefficient (Wildman–Crippen LogP) is 3.19. The first kappa shape index (κ1) is 20.3. The molecule has 0 radical (unpaired) electrons. The third-order valence-corrected chi connectivity index (χ3v) is 5.36. The van der Waals surface area contributed by atoms with Gasteiger partial charge in [-0.25, -0.2) is 0 Å². The molecule has 2 heterocycles. The van der Waals surface area contributed by atoms with Crippen molar-refractivity contribution in [1.82, 2.24) is 15.2 Å². The Morgan fingerprint density at radius 1 is 1.17 bits per heavy atom. The van der Waals surface area contributed by atoms with E-state index in [4.69, 9.17) is 4.74 Å². The molecule has 2 fully saturated rings. The molecule has 1 aromatic heterocycles. The highest BCUT2D eigenvalue weighted by molar-refractivity contribution is 5.95. The monoisotopic (exact) mass is 405 g/mol.